The second-order valence-electron chi connectivity index (χ2n) is 3.20. The summed E-state index contributed by atoms with van der Waals surface area (Å²) in [6.45, 7) is 2.03. The van der Waals surface area contributed by atoms with E-state index in [1.54, 1.807) is 0 Å². The van der Waals surface area contributed by atoms with E-state index in [0.29, 0.717) is 5.75 Å². The van der Waals surface area contributed by atoms with Crippen molar-refractivity contribution in [1.29, 1.82) is 4.78 Å². The van der Waals surface area contributed by atoms with Crippen LogP contribution in [-0.2, 0) is 9.92 Å². The van der Waals surface area contributed by atoms with Gasteiger partial charge < -0.3 is 0 Å². The molecule has 0 heterocycles. The normalized spacial score (nSPS) is 14.6. The molecular formula is C10H16N2OS. The van der Waals surface area contributed by atoms with E-state index in [4.69, 9.17) is 4.78 Å². The first kappa shape index (κ1) is 11.0. The van der Waals surface area contributed by atoms with Gasteiger partial charge in [0.1, 0.15) is 9.92 Å². The molecule has 0 fully saturated rings. The second-order valence-corrected chi connectivity index (χ2v) is 5.16. The summed E-state index contributed by atoms with van der Waals surface area (Å²) in [5, 5.41) is 0. The third-order valence-electron chi connectivity index (χ3n) is 1.84. The number of hydrogen-bond acceptors (Lipinski definition) is 2. The third kappa shape index (κ3) is 3.79. The lowest BCUT2D eigenvalue weighted by atomic mass is 10.3. The zero-order valence-corrected chi connectivity index (χ0v) is 9.14. The van der Waals surface area contributed by atoms with Crippen LogP contribution in [0.5, 0.6) is 0 Å². The quantitative estimate of drug-likeness (QED) is 0.774. The third-order valence-corrected chi connectivity index (χ3v) is 3.27. The van der Waals surface area contributed by atoms with Crippen molar-refractivity contribution >= 4 is 15.6 Å². The van der Waals surface area contributed by atoms with Gasteiger partial charge in [0.15, 0.2) is 0 Å². The van der Waals surface area contributed by atoms with Gasteiger partial charge in [0.25, 0.3) is 0 Å². The average Bonchev–Trinajstić information content (AvgIpc) is 2.16. The summed E-state index contributed by atoms with van der Waals surface area (Å²) >= 11 is 0. The number of nitrogens with one attached hydrogen (secondary N) is 2. The molecule has 0 bridgehead atoms. The number of hydrogen-bond donors (Lipinski definition) is 2. The maximum absolute atomic E-state index is 11.7. The van der Waals surface area contributed by atoms with Crippen molar-refractivity contribution in [2.45, 2.75) is 19.8 Å². The number of anilines is 1. The van der Waals surface area contributed by atoms with Gasteiger partial charge in [0.2, 0.25) is 0 Å². The molecule has 0 spiro atoms. The summed E-state index contributed by atoms with van der Waals surface area (Å²) in [7, 11) is -2.65. The highest BCUT2D eigenvalue weighted by molar-refractivity contribution is 7.93. The minimum absolute atomic E-state index is 0.415. The van der Waals surface area contributed by atoms with Gasteiger partial charge in [-0.1, -0.05) is 31.5 Å². The molecule has 0 saturated heterocycles. The predicted octanol–water partition coefficient (Wildman–Crippen LogP) is 2.86. The Morgan fingerprint density at radius 1 is 1.36 bits per heavy atom. The largest absolute Gasteiger partial charge is 0.299 e. The van der Waals surface area contributed by atoms with Crippen molar-refractivity contribution in [1.82, 2.24) is 0 Å². The Morgan fingerprint density at radius 3 is 2.57 bits per heavy atom. The smallest absolute Gasteiger partial charge is 0.126 e. The van der Waals surface area contributed by atoms with E-state index >= 15 is 0 Å². The molecule has 0 aromatic heterocycles. The number of para-hydroxylation sites is 1. The van der Waals surface area contributed by atoms with Gasteiger partial charge in [-0.25, -0.2) is 8.99 Å². The first-order chi connectivity index (χ1) is 6.64. The van der Waals surface area contributed by atoms with E-state index < -0.39 is 9.92 Å². The first-order valence-electron chi connectivity index (χ1n) is 4.73. The van der Waals surface area contributed by atoms with Crippen LogP contribution in [0.15, 0.2) is 30.3 Å². The van der Waals surface area contributed by atoms with Crippen LogP contribution in [0.3, 0.4) is 0 Å². The molecule has 0 aliphatic rings. The molecule has 1 aromatic carbocycles. The van der Waals surface area contributed by atoms with E-state index in [9.17, 15) is 4.21 Å². The molecule has 78 valence electrons. The van der Waals surface area contributed by atoms with Crippen molar-refractivity contribution in [2.24, 2.45) is 0 Å². The van der Waals surface area contributed by atoms with Crippen molar-refractivity contribution in [3.05, 3.63) is 30.3 Å². The zero-order chi connectivity index (χ0) is 10.4. The number of benzene rings is 1. The van der Waals surface area contributed by atoms with Crippen molar-refractivity contribution in [3.8, 4) is 0 Å². The highest BCUT2D eigenvalue weighted by atomic mass is 32.2. The fraction of sp³-hybridized carbons (Fsp3) is 0.400. The molecular weight excluding hydrogens is 196 g/mol. The Labute approximate surface area is 85.6 Å². The SMILES string of the molecule is CCCCS(=N)(=O)Nc1ccccc1. The van der Waals surface area contributed by atoms with Gasteiger partial charge in [0, 0.05) is 5.69 Å². The van der Waals surface area contributed by atoms with Crippen molar-refractivity contribution < 1.29 is 4.21 Å². The van der Waals surface area contributed by atoms with Crippen LogP contribution in [0.1, 0.15) is 19.8 Å². The Bertz CT molecular complexity index is 359. The molecule has 3 nitrogen and oxygen atoms in total. The second kappa shape index (κ2) is 5.00. The van der Waals surface area contributed by atoms with Gasteiger partial charge in [-0.3, -0.25) is 4.72 Å². The van der Waals surface area contributed by atoms with Gasteiger partial charge in [-0.15, -0.1) is 0 Å². The Kier molecular flexibility index (Phi) is 3.95. The molecule has 1 atom stereocenters. The molecule has 1 aromatic rings. The van der Waals surface area contributed by atoms with Gasteiger partial charge in [-0.2, -0.15) is 0 Å². The summed E-state index contributed by atoms with van der Waals surface area (Å²) in [4.78, 5) is 0. The van der Waals surface area contributed by atoms with Gasteiger partial charge >= 0.3 is 0 Å². The lowest BCUT2D eigenvalue weighted by Gasteiger charge is -2.09. The Morgan fingerprint density at radius 2 is 2.00 bits per heavy atom. The molecule has 0 aliphatic heterocycles. The summed E-state index contributed by atoms with van der Waals surface area (Å²) in [6, 6.07) is 9.25. The average molecular weight is 212 g/mol. The molecule has 4 heteroatoms. The van der Waals surface area contributed by atoms with E-state index in [1.165, 1.54) is 0 Å². The summed E-state index contributed by atoms with van der Waals surface area (Å²) in [5.74, 6) is 0.415. The van der Waals surface area contributed by atoms with Crippen molar-refractivity contribution in [2.75, 3.05) is 10.5 Å². The van der Waals surface area contributed by atoms with Gasteiger partial charge in [0.05, 0.1) is 5.75 Å². The zero-order valence-electron chi connectivity index (χ0n) is 8.32. The topological polar surface area (TPSA) is 53.0 Å². The van der Waals surface area contributed by atoms with E-state index in [-0.39, 0.29) is 0 Å². The van der Waals surface area contributed by atoms with Crippen LogP contribution < -0.4 is 4.72 Å². The van der Waals surface area contributed by atoms with Crippen LogP contribution >= 0.6 is 0 Å². The van der Waals surface area contributed by atoms with Gasteiger partial charge in [-0.05, 0) is 18.6 Å². The highest BCUT2D eigenvalue weighted by Gasteiger charge is 2.04. The summed E-state index contributed by atoms with van der Waals surface area (Å²) < 4.78 is 22.0. The fourth-order valence-electron chi connectivity index (χ4n) is 1.10. The van der Waals surface area contributed by atoms with Crippen molar-refractivity contribution in [3.63, 3.8) is 0 Å². The maximum Gasteiger partial charge on any atom is 0.126 e. The van der Waals surface area contributed by atoms with E-state index in [2.05, 4.69) is 4.72 Å². The van der Waals surface area contributed by atoms with E-state index in [0.717, 1.165) is 18.5 Å². The summed E-state index contributed by atoms with van der Waals surface area (Å²) in [6.07, 6.45) is 1.79. The molecule has 0 amide bonds. The fourth-order valence-corrected chi connectivity index (χ4v) is 2.41. The molecule has 0 radical (unpaired) electrons. The predicted molar refractivity (Wildman–Crippen MR) is 60.7 cm³/mol. The standard InChI is InChI=1S/C10H16N2OS/c1-2-3-9-14(11,13)12-10-7-5-4-6-8-10/h4-8H,2-3,9H2,1H3,(H2,11,12,13). The number of rotatable bonds is 5. The lowest BCUT2D eigenvalue weighted by Crippen LogP contribution is -2.14. The minimum Gasteiger partial charge on any atom is -0.299 e. The lowest BCUT2D eigenvalue weighted by molar-refractivity contribution is 0.674. The monoisotopic (exact) mass is 212 g/mol. The molecule has 0 aliphatic carbocycles. The number of unbranched alkanes of at least 4 members (excludes halogenated alkanes) is 1. The van der Waals surface area contributed by atoms with E-state index in [1.807, 2.05) is 37.3 Å². The first-order valence-corrected chi connectivity index (χ1v) is 6.46. The Hall–Kier alpha value is -1.03. The molecule has 0 saturated carbocycles. The van der Waals surface area contributed by atoms with Crippen LogP contribution in [0, 0.1) is 4.78 Å². The molecule has 14 heavy (non-hydrogen) atoms. The minimum atomic E-state index is -2.65. The van der Waals surface area contributed by atoms with Crippen LogP contribution in [0.25, 0.3) is 0 Å². The molecule has 1 unspecified atom stereocenters. The Balaban J connectivity index is 2.60. The molecule has 1 rings (SSSR count). The summed E-state index contributed by atoms with van der Waals surface area (Å²) in [5.41, 5.74) is 0.753. The molecule has 2 N–H and O–H groups in total. The van der Waals surface area contributed by atoms with Crippen LogP contribution in [0.4, 0.5) is 5.69 Å². The maximum atomic E-state index is 11.7. The van der Waals surface area contributed by atoms with Crippen LogP contribution in [0.2, 0.25) is 0 Å². The van der Waals surface area contributed by atoms with Crippen LogP contribution in [-0.4, -0.2) is 9.96 Å². The highest BCUT2D eigenvalue weighted by Crippen LogP contribution is 2.09.